The molecule has 16 heavy (non-hydrogen) atoms. The topological polar surface area (TPSA) is 84.3 Å². The van der Waals surface area contributed by atoms with Crippen LogP contribution in [0.4, 0.5) is 10.2 Å². The Morgan fingerprint density at radius 2 is 2.25 bits per heavy atom. The fraction of sp³-hybridized carbons (Fsp3) is 0.375. The molecule has 0 aliphatic carbocycles. The van der Waals surface area contributed by atoms with Gasteiger partial charge in [-0.1, -0.05) is 0 Å². The van der Waals surface area contributed by atoms with Gasteiger partial charge in [-0.15, -0.1) is 4.91 Å². The Kier molecular flexibility index (Phi) is 3.48. The van der Waals surface area contributed by atoms with E-state index in [0.29, 0.717) is 0 Å². The number of carbonyl (C=O) groups is 1. The lowest BCUT2D eigenvalue weighted by atomic mass is 10.1. The van der Waals surface area contributed by atoms with Crippen molar-refractivity contribution >= 4 is 23.3 Å². The van der Waals surface area contributed by atoms with Gasteiger partial charge in [0.1, 0.15) is 5.54 Å². The Bertz CT molecular complexity index is 438. The second kappa shape index (κ2) is 4.48. The van der Waals surface area contributed by atoms with E-state index in [2.05, 4.69) is 20.5 Å². The van der Waals surface area contributed by atoms with Crippen LogP contribution < -0.4 is 5.32 Å². The maximum Gasteiger partial charge on any atom is 0.310 e. The first kappa shape index (κ1) is 12.4. The average Bonchev–Trinajstić information content (AvgIpc) is 2.22. The van der Waals surface area contributed by atoms with E-state index in [0.717, 1.165) is 6.20 Å². The van der Waals surface area contributed by atoms with Gasteiger partial charge in [0.15, 0.2) is 11.6 Å². The second-order valence-electron chi connectivity index (χ2n) is 3.48. The molecule has 86 valence electrons. The summed E-state index contributed by atoms with van der Waals surface area (Å²) in [5.74, 6) is -2.01. The molecule has 0 aliphatic rings. The van der Waals surface area contributed by atoms with Crippen molar-refractivity contribution in [1.82, 2.24) is 9.97 Å². The van der Waals surface area contributed by atoms with Gasteiger partial charge in [-0.3, -0.25) is 4.79 Å². The van der Waals surface area contributed by atoms with Crippen LogP contribution >= 0.6 is 11.6 Å². The van der Waals surface area contributed by atoms with Crippen molar-refractivity contribution in [3.8, 4) is 0 Å². The van der Waals surface area contributed by atoms with Crippen LogP contribution in [0.3, 0.4) is 0 Å². The second-order valence-corrected chi connectivity index (χ2v) is 3.82. The van der Waals surface area contributed by atoms with Crippen molar-refractivity contribution in [3.63, 3.8) is 0 Å². The number of nitrogens with one attached hydrogen (secondary N) is 1. The third-order valence-electron chi connectivity index (χ3n) is 1.76. The summed E-state index contributed by atoms with van der Waals surface area (Å²) in [7, 11) is 0. The minimum absolute atomic E-state index is 0.175. The van der Waals surface area contributed by atoms with Crippen molar-refractivity contribution in [2.24, 2.45) is 5.18 Å². The number of aromatic nitrogens is 2. The van der Waals surface area contributed by atoms with Gasteiger partial charge in [-0.05, 0) is 25.4 Å². The van der Waals surface area contributed by atoms with Crippen LogP contribution in [0.5, 0.6) is 0 Å². The summed E-state index contributed by atoms with van der Waals surface area (Å²) in [6.07, 6.45) is 0.854. The molecule has 1 aromatic heterocycles. The molecule has 0 aromatic carbocycles. The summed E-state index contributed by atoms with van der Waals surface area (Å²) in [5.41, 5.74) is -1.36. The van der Waals surface area contributed by atoms with Crippen LogP contribution in [-0.2, 0) is 4.79 Å². The van der Waals surface area contributed by atoms with Gasteiger partial charge >= 0.3 is 5.91 Å². The molecule has 1 N–H and O–H groups in total. The van der Waals surface area contributed by atoms with Crippen LogP contribution in [0, 0.1) is 10.7 Å². The summed E-state index contributed by atoms with van der Waals surface area (Å²) in [6.45, 7) is 2.73. The molecule has 0 saturated carbocycles. The number of halogens is 2. The van der Waals surface area contributed by atoms with E-state index in [1.165, 1.54) is 13.8 Å². The molecule has 0 unspecified atom stereocenters. The van der Waals surface area contributed by atoms with Crippen LogP contribution in [-0.4, -0.2) is 21.4 Å². The molecule has 8 heteroatoms. The number of nitroso groups, excluding NO2 is 1. The van der Waals surface area contributed by atoms with Gasteiger partial charge in [0, 0.05) is 5.18 Å². The summed E-state index contributed by atoms with van der Waals surface area (Å²) < 4.78 is 13.2. The number of amides is 1. The Morgan fingerprint density at radius 1 is 1.62 bits per heavy atom. The zero-order valence-corrected chi connectivity index (χ0v) is 9.25. The maximum atomic E-state index is 13.2. The normalized spacial score (nSPS) is 11.0. The minimum Gasteiger partial charge on any atom is -0.354 e. The van der Waals surface area contributed by atoms with Gasteiger partial charge in [0.2, 0.25) is 5.28 Å². The average molecular weight is 247 g/mol. The van der Waals surface area contributed by atoms with E-state index < -0.39 is 17.3 Å². The summed E-state index contributed by atoms with van der Waals surface area (Å²) in [5, 5.41) is 4.51. The lowest BCUT2D eigenvalue weighted by Gasteiger charge is -2.21. The van der Waals surface area contributed by atoms with Crippen molar-refractivity contribution in [1.29, 1.82) is 0 Å². The summed E-state index contributed by atoms with van der Waals surface area (Å²) >= 11 is 5.46. The molecule has 1 rings (SSSR count). The first-order valence-electron chi connectivity index (χ1n) is 4.21. The molecule has 6 nitrogen and oxygen atoms in total. The Balaban J connectivity index is 3.00. The van der Waals surface area contributed by atoms with Gasteiger partial charge in [0.25, 0.3) is 0 Å². The highest BCUT2D eigenvalue weighted by Crippen LogP contribution is 2.18. The fourth-order valence-corrected chi connectivity index (χ4v) is 1.03. The molecular weight excluding hydrogens is 239 g/mol. The molecule has 0 aliphatic heterocycles. The van der Waals surface area contributed by atoms with Crippen molar-refractivity contribution < 1.29 is 9.18 Å². The van der Waals surface area contributed by atoms with Crippen molar-refractivity contribution in [2.75, 3.05) is 5.32 Å². The van der Waals surface area contributed by atoms with Crippen LogP contribution in [0.15, 0.2) is 11.4 Å². The number of hydrogen-bond donors (Lipinski definition) is 1. The number of anilines is 1. The van der Waals surface area contributed by atoms with Gasteiger partial charge < -0.3 is 5.32 Å². The molecule has 0 bridgehead atoms. The molecule has 0 saturated heterocycles. The quantitative estimate of drug-likeness (QED) is 0.649. The Labute approximate surface area is 95.2 Å². The van der Waals surface area contributed by atoms with Gasteiger partial charge in [-0.2, -0.15) is 4.98 Å². The highest BCUT2D eigenvalue weighted by atomic mass is 35.5. The van der Waals surface area contributed by atoms with E-state index >= 15 is 0 Å². The first-order chi connectivity index (χ1) is 7.36. The Hall–Kier alpha value is -1.63. The zero-order valence-electron chi connectivity index (χ0n) is 8.49. The van der Waals surface area contributed by atoms with Crippen LogP contribution in [0.1, 0.15) is 13.8 Å². The number of carbonyl (C=O) groups excluding carboxylic acids is 1. The fourth-order valence-electron chi connectivity index (χ4n) is 0.897. The molecule has 1 amide bonds. The highest BCUT2D eigenvalue weighted by Gasteiger charge is 2.30. The third-order valence-corrected chi connectivity index (χ3v) is 1.95. The largest absolute Gasteiger partial charge is 0.354 e. The van der Waals surface area contributed by atoms with Crippen LogP contribution in [0.2, 0.25) is 5.28 Å². The molecular formula is C8H8ClFN4O2. The maximum absolute atomic E-state index is 13.2. The van der Waals surface area contributed by atoms with E-state index in [9.17, 15) is 14.1 Å². The molecule has 0 radical (unpaired) electrons. The highest BCUT2D eigenvalue weighted by molar-refractivity contribution is 6.28. The number of hydrogen-bond acceptors (Lipinski definition) is 5. The Morgan fingerprint density at radius 3 is 2.81 bits per heavy atom. The predicted molar refractivity (Wildman–Crippen MR) is 55.5 cm³/mol. The first-order valence-corrected chi connectivity index (χ1v) is 4.58. The number of nitrogens with zero attached hydrogens (tertiary/aromatic N) is 3. The van der Waals surface area contributed by atoms with Crippen molar-refractivity contribution in [2.45, 2.75) is 19.4 Å². The monoisotopic (exact) mass is 246 g/mol. The SMILES string of the molecule is CC(C)(Nc1nc(Cl)ncc1F)C(=O)N=O. The van der Waals surface area contributed by atoms with Gasteiger partial charge in [-0.25, -0.2) is 9.37 Å². The summed E-state index contributed by atoms with van der Waals surface area (Å²) in [4.78, 5) is 28.1. The molecule has 1 heterocycles. The lowest BCUT2D eigenvalue weighted by molar-refractivity contribution is -0.121. The van der Waals surface area contributed by atoms with E-state index in [-0.39, 0.29) is 11.1 Å². The predicted octanol–water partition coefficient (Wildman–Crippen LogP) is 1.75. The lowest BCUT2D eigenvalue weighted by Crippen LogP contribution is -2.39. The summed E-state index contributed by atoms with van der Waals surface area (Å²) in [6, 6.07) is 0. The number of rotatable bonds is 3. The van der Waals surface area contributed by atoms with Gasteiger partial charge in [0.05, 0.1) is 6.20 Å². The molecule has 0 spiro atoms. The third kappa shape index (κ3) is 2.69. The molecule has 0 fully saturated rings. The molecule has 1 aromatic rings. The van der Waals surface area contributed by atoms with Crippen LogP contribution in [0.25, 0.3) is 0 Å². The van der Waals surface area contributed by atoms with Crippen molar-refractivity contribution in [3.05, 3.63) is 22.2 Å². The minimum atomic E-state index is -1.36. The standard InChI is InChI=1S/C8H8ClFN4O2/c1-8(2,6(15)14-16)13-5-4(10)3-11-7(9)12-5/h3H,1-2H3,(H,11,12,13). The van der Waals surface area contributed by atoms with E-state index in [1.54, 1.807) is 0 Å². The zero-order chi connectivity index (χ0) is 12.3. The van der Waals surface area contributed by atoms with E-state index in [4.69, 9.17) is 11.6 Å². The molecule has 0 atom stereocenters. The van der Waals surface area contributed by atoms with E-state index in [1.807, 2.05) is 0 Å². The smallest absolute Gasteiger partial charge is 0.310 e.